The lowest BCUT2D eigenvalue weighted by Crippen LogP contribution is -2.46. The second-order valence-corrected chi connectivity index (χ2v) is 3.51. The third-order valence-electron chi connectivity index (χ3n) is 2.05. The third-order valence-corrected chi connectivity index (χ3v) is 2.05. The number of carbonyl (C=O) groups excluding carboxylic acids is 1. The van der Waals surface area contributed by atoms with Crippen molar-refractivity contribution in [3.8, 4) is 0 Å². The van der Waals surface area contributed by atoms with Gasteiger partial charge in [0.15, 0.2) is 0 Å². The molecule has 2 amide bonds. The first-order valence-corrected chi connectivity index (χ1v) is 5.49. The summed E-state index contributed by atoms with van der Waals surface area (Å²) in [7, 11) is 0. The Hall–Kier alpha value is -1.52. The fourth-order valence-electron chi connectivity index (χ4n) is 1.20. The molecule has 0 aliphatic heterocycles. The minimum atomic E-state index is -0.997. The number of aliphatic carboxylic acids is 1. The number of allylic oxidation sites excluding steroid dienone is 1. The predicted octanol–water partition coefficient (Wildman–Crippen LogP) is 1.51. The van der Waals surface area contributed by atoms with Crippen molar-refractivity contribution >= 4 is 12.0 Å². The van der Waals surface area contributed by atoms with Crippen molar-refractivity contribution in [3.05, 3.63) is 12.7 Å². The highest BCUT2D eigenvalue weighted by Gasteiger charge is 2.17. The summed E-state index contributed by atoms with van der Waals surface area (Å²) in [5, 5.41) is 13.8. The Morgan fingerprint density at radius 2 is 2.19 bits per heavy atom. The number of amides is 2. The van der Waals surface area contributed by atoms with E-state index in [1.165, 1.54) is 0 Å². The number of rotatable bonds is 8. The van der Waals surface area contributed by atoms with E-state index in [9.17, 15) is 9.59 Å². The summed E-state index contributed by atoms with van der Waals surface area (Å²) in [5.74, 6) is -0.997. The molecule has 0 aromatic rings. The smallest absolute Gasteiger partial charge is 0.326 e. The molecule has 0 radical (unpaired) electrons. The number of nitrogens with one attached hydrogen (secondary N) is 2. The second-order valence-electron chi connectivity index (χ2n) is 3.51. The zero-order chi connectivity index (χ0) is 12.4. The molecule has 0 rings (SSSR count). The van der Waals surface area contributed by atoms with Crippen LogP contribution < -0.4 is 10.6 Å². The Kier molecular flexibility index (Phi) is 7.93. The summed E-state index contributed by atoms with van der Waals surface area (Å²) >= 11 is 0. The van der Waals surface area contributed by atoms with Crippen LogP contribution in [0.4, 0.5) is 4.79 Å². The first-order chi connectivity index (χ1) is 7.61. The summed E-state index contributed by atoms with van der Waals surface area (Å²) < 4.78 is 0. The van der Waals surface area contributed by atoms with Crippen LogP contribution in [0.2, 0.25) is 0 Å². The Labute approximate surface area is 95.9 Å². The van der Waals surface area contributed by atoms with E-state index >= 15 is 0 Å². The van der Waals surface area contributed by atoms with Crippen LogP contribution in [0.5, 0.6) is 0 Å². The van der Waals surface area contributed by atoms with E-state index in [1.54, 1.807) is 6.08 Å². The average molecular weight is 228 g/mol. The van der Waals surface area contributed by atoms with Gasteiger partial charge in [-0.15, -0.1) is 6.58 Å². The predicted molar refractivity (Wildman–Crippen MR) is 62.3 cm³/mol. The molecule has 0 bridgehead atoms. The summed E-state index contributed by atoms with van der Waals surface area (Å²) in [6, 6.07) is -1.23. The standard InChI is InChI=1S/C11H20N2O3/c1-3-5-6-8-12-11(16)13-9(7-4-2)10(14)15/h3,9H,1,4-8H2,2H3,(H,14,15)(H2,12,13,16). The maximum atomic E-state index is 11.3. The van der Waals surface area contributed by atoms with E-state index in [4.69, 9.17) is 5.11 Å². The first kappa shape index (κ1) is 14.5. The Bertz CT molecular complexity index is 241. The number of carboxylic acids is 1. The van der Waals surface area contributed by atoms with Gasteiger partial charge in [-0.3, -0.25) is 0 Å². The van der Waals surface area contributed by atoms with E-state index < -0.39 is 18.0 Å². The van der Waals surface area contributed by atoms with Crippen LogP contribution in [0.15, 0.2) is 12.7 Å². The molecule has 0 heterocycles. The van der Waals surface area contributed by atoms with Crippen molar-refractivity contribution in [3.63, 3.8) is 0 Å². The molecule has 0 aliphatic carbocycles. The molecule has 5 heteroatoms. The minimum absolute atomic E-state index is 0.426. The largest absolute Gasteiger partial charge is 0.480 e. The van der Waals surface area contributed by atoms with Gasteiger partial charge in [0, 0.05) is 6.54 Å². The van der Waals surface area contributed by atoms with Gasteiger partial charge < -0.3 is 15.7 Å². The Balaban J connectivity index is 3.81. The van der Waals surface area contributed by atoms with Crippen LogP contribution in [0, 0.1) is 0 Å². The average Bonchev–Trinajstić information content (AvgIpc) is 2.23. The SMILES string of the molecule is C=CCCCNC(=O)NC(CCC)C(=O)O. The van der Waals surface area contributed by atoms with E-state index in [0.29, 0.717) is 19.4 Å². The van der Waals surface area contributed by atoms with Gasteiger partial charge in [-0.05, 0) is 19.3 Å². The Morgan fingerprint density at radius 3 is 2.69 bits per heavy atom. The number of unbranched alkanes of at least 4 members (excludes halogenated alkanes) is 1. The van der Waals surface area contributed by atoms with Crippen LogP contribution in [0.3, 0.4) is 0 Å². The van der Waals surface area contributed by atoms with Gasteiger partial charge in [0.1, 0.15) is 6.04 Å². The zero-order valence-electron chi connectivity index (χ0n) is 9.66. The molecular formula is C11H20N2O3. The van der Waals surface area contributed by atoms with Crippen LogP contribution in [0.25, 0.3) is 0 Å². The molecule has 0 saturated carbocycles. The lowest BCUT2D eigenvalue weighted by Gasteiger charge is -2.13. The van der Waals surface area contributed by atoms with Crippen molar-refractivity contribution in [2.24, 2.45) is 0 Å². The Morgan fingerprint density at radius 1 is 1.50 bits per heavy atom. The minimum Gasteiger partial charge on any atom is -0.480 e. The second kappa shape index (κ2) is 8.76. The van der Waals surface area contributed by atoms with Gasteiger partial charge in [0.2, 0.25) is 0 Å². The van der Waals surface area contributed by atoms with Crippen LogP contribution in [-0.4, -0.2) is 29.7 Å². The fourth-order valence-corrected chi connectivity index (χ4v) is 1.20. The molecule has 0 aromatic heterocycles. The van der Waals surface area contributed by atoms with Crippen molar-refractivity contribution in [2.75, 3.05) is 6.54 Å². The van der Waals surface area contributed by atoms with Crippen molar-refractivity contribution in [1.29, 1.82) is 0 Å². The molecule has 0 fully saturated rings. The highest BCUT2D eigenvalue weighted by molar-refractivity contribution is 5.82. The molecule has 16 heavy (non-hydrogen) atoms. The number of urea groups is 1. The van der Waals surface area contributed by atoms with Crippen molar-refractivity contribution in [1.82, 2.24) is 10.6 Å². The summed E-state index contributed by atoms with van der Waals surface area (Å²) in [6.07, 6.45) is 4.57. The lowest BCUT2D eigenvalue weighted by atomic mass is 10.2. The monoisotopic (exact) mass is 228 g/mol. The van der Waals surface area contributed by atoms with E-state index in [-0.39, 0.29) is 0 Å². The molecule has 1 unspecified atom stereocenters. The highest BCUT2D eigenvalue weighted by Crippen LogP contribution is 1.96. The van der Waals surface area contributed by atoms with Gasteiger partial charge in [0.05, 0.1) is 0 Å². The molecule has 5 nitrogen and oxygen atoms in total. The number of carboxylic acid groups (broad SMARTS) is 1. The molecule has 1 atom stereocenters. The van der Waals surface area contributed by atoms with E-state index in [2.05, 4.69) is 17.2 Å². The maximum absolute atomic E-state index is 11.3. The lowest BCUT2D eigenvalue weighted by molar-refractivity contribution is -0.139. The summed E-state index contributed by atoms with van der Waals surface area (Å²) in [6.45, 7) is 5.97. The summed E-state index contributed by atoms with van der Waals surface area (Å²) in [5.41, 5.74) is 0. The number of carbonyl (C=O) groups is 2. The van der Waals surface area contributed by atoms with Crippen LogP contribution in [-0.2, 0) is 4.79 Å². The van der Waals surface area contributed by atoms with Gasteiger partial charge in [-0.1, -0.05) is 19.4 Å². The topological polar surface area (TPSA) is 78.4 Å². The normalized spacial score (nSPS) is 11.6. The highest BCUT2D eigenvalue weighted by atomic mass is 16.4. The van der Waals surface area contributed by atoms with E-state index in [1.807, 2.05) is 6.92 Å². The number of hydrogen-bond donors (Lipinski definition) is 3. The molecule has 0 aromatic carbocycles. The quantitative estimate of drug-likeness (QED) is 0.435. The first-order valence-electron chi connectivity index (χ1n) is 5.49. The van der Waals surface area contributed by atoms with Crippen LogP contribution in [0.1, 0.15) is 32.6 Å². The molecular weight excluding hydrogens is 208 g/mol. The van der Waals surface area contributed by atoms with Gasteiger partial charge in [0.25, 0.3) is 0 Å². The van der Waals surface area contributed by atoms with Gasteiger partial charge in [-0.2, -0.15) is 0 Å². The zero-order valence-corrected chi connectivity index (χ0v) is 9.66. The fraction of sp³-hybridized carbons (Fsp3) is 0.636. The van der Waals surface area contributed by atoms with Gasteiger partial charge >= 0.3 is 12.0 Å². The summed E-state index contributed by atoms with van der Waals surface area (Å²) in [4.78, 5) is 22.0. The third kappa shape index (κ3) is 6.86. The van der Waals surface area contributed by atoms with E-state index in [0.717, 1.165) is 12.8 Å². The van der Waals surface area contributed by atoms with Crippen molar-refractivity contribution in [2.45, 2.75) is 38.6 Å². The molecule has 0 saturated heterocycles. The number of hydrogen-bond acceptors (Lipinski definition) is 2. The van der Waals surface area contributed by atoms with Crippen LogP contribution >= 0.6 is 0 Å². The molecule has 0 spiro atoms. The van der Waals surface area contributed by atoms with Gasteiger partial charge in [-0.25, -0.2) is 9.59 Å². The maximum Gasteiger partial charge on any atom is 0.326 e. The molecule has 3 N–H and O–H groups in total. The molecule has 0 aliphatic rings. The van der Waals surface area contributed by atoms with Crippen molar-refractivity contribution < 1.29 is 14.7 Å². The molecule has 92 valence electrons.